The predicted molar refractivity (Wildman–Crippen MR) is 87.7 cm³/mol. The van der Waals surface area contributed by atoms with Crippen molar-refractivity contribution in [1.82, 2.24) is 5.32 Å². The van der Waals surface area contributed by atoms with E-state index in [-0.39, 0.29) is 0 Å². The summed E-state index contributed by atoms with van der Waals surface area (Å²) < 4.78 is 7.55. The quantitative estimate of drug-likeness (QED) is 0.735. The molecule has 0 fully saturated rings. The second-order valence-corrected chi connectivity index (χ2v) is 6.98. The highest BCUT2D eigenvalue weighted by atomic mass is 79.9. The number of thioether (sulfide) groups is 1. The molecule has 1 unspecified atom stereocenters. The summed E-state index contributed by atoms with van der Waals surface area (Å²) >= 11 is 8.97. The number of nitrogens with one attached hydrogen (secondary N) is 1. The fraction of sp³-hybridized carbons (Fsp3) is 0.538. The minimum atomic E-state index is 0.638. The van der Waals surface area contributed by atoms with Crippen molar-refractivity contribution in [2.45, 2.75) is 25.6 Å². The van der Waals surface area contributed by atoms with E-state index in [2.05, 4.69) is 62.5 Å². The van der Waals surface area contributed by atoms with Crippen molar-refractivity contribution in [2.75, 3.05) is 19.4 Å². The van der Waals surface area contributed by atoms with E-state index in [1.165, 1.54) is 5.56 Å². The summed E-state index contributed by atoms with van der Waals surface area (Å²) in [6.07, 6.45) is 2.14. The third-order valence-corrected chi connectivity index (χ3v) is 4.66. The Balaban J connectivity index is 2.63. The molecular weight excluding hydrogens is 378 g/mol. The molecule has 5 heteroatoms. The highest BCUT2D eigenvalue weighted by Gasteiger charge is 2.08. The molecule has 18 heavy (non-hydrogen) atoms. The summed E-state index contributed by atoms with van der Waals surface area (Å²) in [6, 6.07) is 4.21. The van der Waals surface area contributed by atoms with E-state index >= 15 is 0 Å². The Morgan fingerprint density at radius 1 is 1.33 bits per heavy atom. The molecule has 0 amide bonds. The Labute approximate surface area is 131 Å². The van der Waals surface area contributed by atoms with Crippen LogP contribution in [-0.2, 0) is 6.54 Å². The molecule has 0 saturated heterocycles. The SMILES string of the molecule is CCOc1c(Br)cc(CNCC(C)SC)cc1Br. The fourth-order valence-electron chi connectivity index (χ4n) is 1.50. The Bertz CT molecular complexity index is 364. The van der Waals surface area contributed by atoms with Crippen molar-refractivity contribution in [2.24, 2.45) is 0 Å². The molecule has 1 atom stereocenters. The second-order valence-electron chi connectivity index (χ2n) is 4.00. The number of halogens is 2. The maximum atomic E-state index is 5.57. The molecule has 0 bridgehead atoms. The van der Waals surface area contributed by atoms with E-state index in [0.29, 0.717) is 11.9 Å². The summed E-state index contributed by atoms with van der Waals surface area (Å²) in [4.78, 5) is 0. The minimum Gasteiger partial charge on any atom is -0.492 e. The van der Waals surface area contributed by atoms with Gasteiger partial charge in [-0.15, -0.1) is 0 Å². The number of hydrogen-bond donors (Lipinski definition) is 1. The van der Waals surface area contributed by atoms with Gasteiger partial charge in [-0.3, -0.25) is 0 Å². The van der Waals surface area contributed by atoms with Crippen molar-refractivity contribution >= 4 is 43.6 Å². The molecule has 0 aliphatic heterocycles. The van der Waals surface area contributed by atoms with Crippen LogP contribution < -0.4 is 10.1 Å². The summed E-state index contributed by atoms with van der Waals surface area (Å²) in [5, 5.41) is 4.09. The number of ether oxygens (including phenoxy) is 1. The third kappa shape index (κ3) is 5.11. The topological polar surface area (TPSA) is 21.3 Å². The second kappa shape index (κ2) is 8.46. The Kier molecular flexibility index (Phi) is 7.68. The Morgan fingerprint density at radius 3 is 2.44 bits per heavy atom. The van der Waals surface area contributed by atoms with Gasteiger partial charge in [0.15, 0.2) is 0 Å². The zero-order valence-electron chi connectivity index (χ0n) is 10.9. The normalized spacial score (nSPS) is 12.5. The van der Waals surface area contributed by atoms with Crippen LogP contribution in [0, 0.1) is 0 Å². The van der Waals surface area contributed by atoms with Gasteiger partial charge in [0.05, 0.1) is 15.6 Å². The zero-order valence-corrected chi connectivity index (χ0v) is 14.9. The standard InChI is InChI=1S/C13H19Br2NOS/c1-4-17-13-11(14)5-10(6-12(13)15)8-16-7-9(2)18-3/h5-6,9,16H,4,7-8H2,1-3H3. The van der Waals surface area contributed by atoms with Crippen LogP contribution in [-0.4, -0.2) is 24.7 Å². The molecule has 0 aromatic heterocycles. The van der Waals surface area contributed by atoms with Gasteiger partial charge in [-0.1, -0.05) is 6.92 Å². The predicted octanol–water partition coefficient (Wildman–Crippen LogP) is 4.45. The van der Waals surface area contributed by atoms with Gasteiger partial charge in [-0.2, -0.15) is 11.8 Å². The van der Waals surface area contributed by atoms with Crippen molar-refractivity contribution < 1.29 is 4.74 Å². The average molecular weight is 397 g/mol. The summed E-state index contributed by atoms with van der Waals surface area (Å²) in [5.41, 5.74) is 1.24. The molecule has 0 spiro atoms. The molecule has 0 radical (unpaired) electrons. The lowest BCUT2D eigenvalue weighted by atomic mass is 10.2. The van der Waals surface area contributed by atoms with Crippen LogP contribution in [0.15, 0.2) is 21.1 Å². The van der Waals surface area contributed by atoms with E-state index in [4.69, 9.17) is 4.74 Å². The molecule has 0 aliphatic carbocycles. The number of hydrogen-bond acceptors (Lipinski definition) is 3. The third-order valence-electron chi connectivity index (χ3n) is 2.51. The van der Waals surface area contributed by atoms with Gasteiger partial charge >= 0.3 is 0 Å². The largest absolute Gasteiger partial charge is 0.492 e. The van der Waals surface area contributed by atoms with Gasteiger partial charge in [-0.05, 0) is 62.7 Å². The molecule has 102 valence electrons. The van der Waals surface area contributed by atoms with Crippen LogP contribution in [0.4, 0.5) is 0 Å². The molecular formula is C13H19Br2NOS. The highest BCUT2D eigenvalue weighted by Crippen LogP contribution is 2.34. The van der Waals surface area contributed by atoms with Crippen molar-refractivity contribution in [1.29, 1.82) is 0 Å². The van der Waals surface area contributed by atoms with E-state index in [1.54, 1.807) is 0 Å². The highest BCUT2D eigenvalue weighted by molar-refractivity contribution is 9.11. The first-order chi connectivity index (χ1) is 8.58. The molecule has 0 heterocycles. The van der Waals surface area contributed by atoms with Crippen LogP contribution in [0.2, 0.25) is 0 Å². The lowest BCUT2D eigenvalue weighted by molar-refractivity contribution is 0.336. The van der Waals surface area contributed by atoms with E-state index < -0.39 is 0 Å². The average Bonchev–Trinajstić information content (AvgIpc) is 2.33. The molecule has 0 aliphatic rings. The summed E-state index contributed by atoms with van der Waals surface area (Å²) in [5.74, 6) is 0.874. The maximum Gasteiger partial charge on any atom is 0.147 e. The van der Waals surface area contributed by atoms with Crippen molar-refractivity contribution in [3.05, 3.63) is 26.6 Å². The smallest absolute Gasteiger partial charge is 0.147 e. The fourth-order valence-corrected chi connectivity index (χ4v) is 3.29. The van der Waals surface area contributed by atoms with Crippen molar-refractivity contribution in [3.8, 4) is 5.75 Å². The monoisotopic (exact) mass is 395 g/mol. The zero-order chi connectivity index (χ0) is 13.5. The van der Waals surface area contributed by atoms with Gasteiger partial charge in [0.2, 0.25) is 0 Å². The van der Waals surface area contributed by atoms with Crippen LogP contribution in [0.5, 0.6) is 5.75 Å². The first-order valence-corrected chi connectivity index (χ1v) is 8.80. The molecule has 1 aromatic carbocycles. The van der Waals surface area contributed by atoms with Crippen molar-refractivity contribution in [3.63, 3.8) is 0 Å². The maximum absolute atomic E-state index is 5.57. The van der Waals surface area contributed by atoms with Gasteiger partial charge in [-0.25, -0.2) is 0 Å². The first-order valence-electron chi connectivity index (χ1n) is 5.92. The Hall–Kier alpha value is 0.290. The van der Waals surface area contributed by atoms with E-state index in [9.17, 15) is 0 Å². The van der Waals surface area contributed by atoms with Gasteiger partial charge in [0.1, 0.15) is 5.75 Å². The van der Waals surface area contributed by atoms with Gasteiger partial charge in [0.25, 0.3) is 0 Å². The van der Waals surface area contributed by atoms with E-state index in [0.717, 1.165) is 27.8 Å². The molecule has 2 nitrogen and oxygen atoms in total. The van der Waals surface area contributed by atoms with Gasteiger partial charge in [0, 0.05) is 18.3 Å². The Morgan fingerprint density at radius 2 is 1.94 bits per heavy atom. The molecule has 1 rings (SSSR count). The lowest BCUT2D eigenvalue weighted by Crippen LogP contribution is -2.22. The van der Waals surface area contributed by atoms with E-state index in [1.807, 2.05) is 18.7 Å². The number of rotatable bonds is 7. The van der Waals surface area contributed by atoms with Crippen LogP contribution in [0.1, 0.15) is 19.4 Å². The number of benzene rings is 1. The summed E-state index contributed by atoms with van der Waals surface area (Å²) in [7, 11) is 0. The van der Waals surface area contributed by atoms with Crippen LogP contribution in [0.3, 0.4) is 0 Å². The van der Waals surface area contributed by atoms with Crippen LogP contribution in [0.25, 0.3) is 0 Å². The summed E-state index contributed by atoms with van der Waals surface area (Å²) in [6.45, 7) is 6.76. The minimum absolute atomic E-state index is 0.638. The first kappa shape index (κ1) is 16.3. The van der Waals surface area contributed by atoms with Gasteiger partial charge < -0.3 is 10.1 Å². The molecule has 1 N–H and O–H groups in total. The van der Waals surface area contributed by atoms with Crippen LogP contribution >= 0.6 is 43.6 Å². The molecule has 1 aromatic rings. The lowest BCUT2D eigenvalue weighted by Gasteiger charge is -2.13. The molecule has 0 saturated carbocycles.